The molecule has 170 valence electrons. The zero-order valence-electron chi connectivity index (χ0n) is 18.7. The van der Waals surface area contributed by atoms with Crippen LogP contribution >= 0.6 is 22.7 Å². The minimum atomic E-state index is -0.238. The first-order valence-corrected chi connectivity index (χ1v) is 12.4. The number of hydrogen-bond donors (Lipinski definition) is 1. The number of anilines is 1. The molecule has 0 atom stereocenters. The van der Waals surface area contributed by atoms with E-state index in [1.165, 1.54) is 21.8 Å². The van der Waals surface area contributed by atoms with Crippen LogP contribution < -0.4 is 10.1 Å². The van der Waals surface area contributed by atoms with Crippen LogP contribution in [0.2, 0.25) is 0 Å². The number of aromatic nitrogens is 2. The number of aryl methyl sites for hydroxylation is 1. The van der Waals surface area contributed by atoms with Crippen molar-refractivity contribution in [3.63, 3.8) is 0 Å². The number of carbonyl (C=O) groups excluding carboxylic acids is 1. The van der Waals surface area contributed by atoms with E-state index in [-0.39, 0.29) is 5.91 Å². The van der Waals surface area contributed by atoms with Crippen LogP contribution in [-0.4, -0.2) is 28.1 Å². The minimum absolute atomic E-state index is 0.238. The predicted molar refractivity (Wildman–Crippen MR) is 134 cm³/mol. The number of benzene rings is 2. The van der Waals surface area contributed by atoms with E-state index in [1.54, 1.807) is 18.4 Å². The molecular formula is C25H26N4O2S2. The van der Waals surface area contributed by atoms with Gasteiger partial charge in [0.15, 0.2) is 0 Å². The van der Waals surface area contributed by atoms with Gasteiger partial charge in [-0.05, 0) is 41.6 Å². The fourth-order valence-electron chi connectivity index (χ4n) is 3.47. The van der Waals surface area contributed by atoms with Crippen LogP contribution in [-0.2, 0) is 26.1 Å². The van der Waals surface area contributed by atoms with E-state index in [0.717, 1.165) is 35.0 Å². The number of rotatable bonds is 10. The van der Waals surface area contributed by atoms with Gasteiger partial charge in [-0.1, -0.05) is 54.7 Å². The molecule has 1 amide bonds. The second-order valence-electron chi connectivity index (χ2n) is 7.54. The topological polar surface area (TPSA) is 67.4 Å². The normalized spacial score (nSPS) is 11.0. The summed E-state index contributed by atoms with van der Waals surface area (Å²) < 4.78 is 5.54. The van der Waals surface area contributed by atoms with Crippen molar-refractivity contribution in [1.29, 1.82) is 0 Å². The summed E-state index contributed by atoms with van der Waals surface area (Å²) in [6.45, 7) is 4.17. The van der Waals surface area contributed by atoms with Gasteiger partial charge in [0, 0.05) is 29.2 Å². The summed E-state index contributed by atoms with van der Waals surface area (Å²) in [7, 11) is 1.69. The molecule has 1 N–H and O–H groups in total. The molecule has 4 rings (SSSR count). The number of carbonyl (C=O) groups is 1. The number of amides is 1. The zero-order chi connectivity index (χ0) is 23.0. The first kappa shape index (κ1) is 23.1. The maximum absolute atomic E-state index is 12.7. The van der Waals surface area contributed by atoms with Crippen molar-refractivity contribution in [2.75, 3.05) is 12.4 Å². The van der Waals surface area contributed by atoms with Gasteiger partial charge < -0.3 is 10.1 Å². The summed E-state index contributed by atoms with van der Waals surface area (Å²) in [6.07, 6.45) is 0.963. The van der Waals surface area contributed by atoms with E-state index >= 15 is 0 Å². The lowest BCUT2D eigenvalue weighted by atomic mass is 10.1. The maximum atomic E-state index is 12.7. The molecule has 0 saturated carbocycles. The third-order valence-corrected chi connectivity index (χ3v) is 6.95. The smallest absolute Gasteiger partial charge is 0.286 e. The lowest BCUT2D eigenvalue weighted by Gasteiger charge is -2.21. The summed E-state index contributed by atoms with van der Waals surface area (Å²) in [4.78, 5) is 16.2. The molecule has 2 aromatic heterocycles. The minimum Gasteiger partial charge on any atom is -0.496 e. The fraction of sp³-hybridized carbons (Fsp3) is 0.240. The van der Waals surface area contributed by atoms with Crippen molar-refractivity contribution in [2.24, 2.45) is 0 Å². The molecule has 4 aromatic rings. The Bertz CT molecular complexity index is 1170. The molecule has 0 saturated heterocycles. The summed E-state index contributed by atoms with van der Waals surface area (Å²) >= 11 is 3.05. The number of nitrogens with zero attached hydrogens (tertiary/aromatic N) is 3. The highest BCUT2D eigenvalue weighted by Gasteiger charge is 2.17. The van der Waals surface area contributed by atoms with Gasteiger partial charge in [-0.2, -0.15) is 0 Å². The first-order valence-electron chi connectivity index (χ1n) is 10.7. The maximum Gasteiger partial charge on any atom is 0.286 e. The van der Waals surface area contributed by atoms with Gasteiger partial charge in [-0.3, -0.25) is 9.69 Å². The SMILES string of the molecule is CCc1ccc(NC(=O)c2nnc(CN(Cc3cccs3)Cc3ccccc3OC)s2)cc1. The van der Waals surface area contributed by atoms with Crippen LogP contribution in [0.3, 0.4) is 0 Å². The quantitative estimate of drug-likeness (QED) is 0.320. The van der Waals surface area contributed by atoms with E-state index in [4.69, 9.17) is 4.74 Å². The van der Waals surface area contributed by atoms with E-state index in [2.05, 4.69) is 50.9 Å². The molecule has 33 heavy (non-hydrogen) atoms. The molecule has 0 spiro atoms. The Morgan fingerprint density at radius 3 is 2.55 bits per heavy atom. The van der Waals surface area contributed by atoms with Crippen LogP contribution in [0.15, 0.2) is 66.0 Å². The van der Waals surface area contributed by atoms with Gasteiger partial charge in [-0.25, -0.2) is 0 Å². The number of para-hydroxylation sites is 1. The molecule has 6 nitrogen and oxygen atoms in total. The van der Waals surface area contributed by atoms with Crippen LogP contribution in [0.1, 0.15) is 37.7 Å². The number of methoxy groups -OCH3 is 1. The van der Waals surface area contributed by atoms with Crippen molar-refractivity contribution < 1.29 is 9.53 Å². The van der Waals surface area contributed by atoms with Gasteiger partial charge in [-0.15, -0.1) is 21.5 Å². The Kier molecular flexibility index (Phi) is 7.83. The van der Waals surface area contributed by atoms with Gasteiger partial charge >= 0.3 is 0 Å². The van der Waals surface area contributed by atoms with Crippen LogP contribution in [0.25, 0.3) is 0 Å². The Morgan fingerprint density at radius 1 is 1.00 bits per heavy atom. The zero-order valence-corrected chi connectivity index (χ0v) is 20.3. The Labute approximate surface area is 201 Å². The molecule has 0 aliphatic rings. The molecule has 8 heteroatoms. The van der Waals surface area contributed by atoms with E-state index in [1.807, 2.05) is 42.5 Å². The van der Waals surface area contributed by atoms with E-state index < -0.39 is 0 Å². The molecule has 2 heterocycles. The van der Waals surface area contributed by atoms with Crippen LogP contribution in [0.4, 0.5) is 5.69 Å². The van der Waals surface area contributed by atoms with Gasteiger partial charge in [0.25, 0.3) is 5.91 Å². The van der Waals surface area contributed by atoms with Crippen molar-refractivity contribution in [3.05, 3.63) is 92.1 Å². The van der Waals surface area contributed by atoms with Gasteiger partial charge in [0.1, 0.15) is 10.8 Å². The van der Waals surface area contributed by atoms with Crippen LogP contribution in [0, 0.1) is 0 Å². The van der Waals surface area contributed by atoms with Crippen molar-refractivity contribution >= 4 is 34.3 Å². The summed E-state index contributed by atoms with van der Waals surface area (Å²) in [5.41, 5.74) is 3.09. The molecule has 0 fully saturated rings. The van der Waals surface area contributed by atoms with Crippen LogP contribution in [0.5, 0.6) is 5.75 Å². The third kappa shape index (κ3) is 6.25. The fourth-order valence-corrected chi connectivity index (χ4v) is 5.00. The van der Waals surface area contributed by atoms with E-state index in [9.17, 15) is 4.79 Å². The Hall–Kier alpha value is -3.07. The average Bonchev–Trinajstić information content (AvgIpc) is 3.52. The average molecular weight is 479 g/mol. The second-order valence-corrected chi connectivity index (χ2v) is 9.64. The lowest BCUT2D eigenvalue weighted by Crippen LogP contribution is -2.22. The van der Waals surface area contributed by atoms with Crippen molar-refractivity contribution in [1.82, 2.24) is 15.1 Å². The largest absolute Gasteiger partial charge is 0.496 e. The molecule has 0 aliphatic carbocycles. The molecule has 0 aliphatic heterocycles. The van der Waals surface area contributed by atoms with Gasteiger partial charge in [0.2, 0.25) is 5.01 Å². The summed E-state index contributed by atoms with van der Waals surface area (Å²) in [6, 6.07) is 20.1. The highest BCUT2D eigenvalue weighted by Crippen LogP contribution is 2.24. The predicted octanol–water partition coefficient (Wildman–Crippen LogP) is 5.63. The summed E-state index contributed by atoms with van der Waals surface area (Å²) in [5, 5.41) is 14.6. The Balaban J connectivity index is 1.46. The molecular weight excluding hydrogens is 452 g/mol. The number of ether oxygens (including phenoxy) is 1. The molecule has 0 bridgehead atoms. The van der Waals surface area contributed by atoms with Crippen molar-refractivity contribution in [3.8, 4) is 5.75 Å². The van der Waals surface area contributed by atoms with Crippen molar-refractivity contribution in [2.45, 2.75) is 33.0 Å². The third-order valence-electron chi connectivity index (χ3n) is 5.19. The van der Waals surface area contributed by atoms with Gasteiger partial charge in [0.05, 0.1) is 13.7 Å². The number of hydrogen-bond acceptors (Lipinski definition) is 7. The highest BCUT2D eigenvalue weighted by molar-refractivity contribution is 7.13. The Morgan fingerprint density at radius 2 is 1.82 bits per heavy atom. The van der Waals surface area contributed by atoms with E-state index in [0.29, 0.717) is 18.1 Å². The monoisotopic (exact) mass is 478 g/mol. The second kappa shape index (κ2) is 11.2. The molecule has 2 aromatic carbocycles. The molecule has 0 radical (unpaired) electrons. The number of nitrogens with one attached hydrogen (secondary N) is 1. The molecule has 0 unspecified atom stereocenters. The summed E-state index contributed by atoms with van der Waals surface area (Å²) in [5.74, 6) is 0.623. The number of thiophene rings is 1. The first-order chi connectivity index (χ1) is 16.1. The lowest BCUT2D eigenvalue weighted by molar-refractivity contribution is 0.102. The highest BCUT2D eigenvalue weighted by atomic mass is 32.1. The standard InChI is InChI=1S/C25H26N4O2S2/c1-3-18-10-12-20(13-11-18)26-24(30)25-28-27-23(33-25)17-29(16-21-8-6-14-32-21)15-19-7-4-5-9-22(19)31-2/h4-14H,3,15-17H2,1-2H3,(H,26,30).